The van der Waals surface area contributed by atoms with Gasteiger partial charge >= 0.3 is 5.97 Å². The van der Waals surface area contributed by atoms with Crippen molar-refractivity contribution in [3.8, 4) is 0 Å². The monoisotopic (exact) mass is 802 g/mol. The third kappa shape index (κ3) is 9.35. The molecule has 0 aromatic heterocycles. The van der Waals surface area contributed by atoms with Crippen molar-refractivity contribution in [2.24, 2.45) is 0 Å². The molecular formula is C46H42BrClO2P2. The van der Waals surface area contributed by atoms with E-state index < -0.39 is 20.5 Å². The number of hydrogen-bond donors (Lipinski definition) is 1. The Kier molecular flexibility index (Phi) is 15.6. The van der Waals surface area contributed by atoms with Crippen LogP contribution in [0.4, 0.5) is 0 Å². The summed E-state index contributed by atoms with van der Waals surface area (Å²) in [6.07, 6.45) is 1.82. The largest absolute Gasteiger partial charge is 1.00 e. The molecule has 0 bridgehead atoms. The van der Waals surface area contributed by atoms with Crippen molar-refractivity contribution in [3.05, 3.63) is 218 Å². The average molecular weight is 804 g/mol. The van der Waals surface area contributed by atoms with E-state index in [1.54, 1.807) is 0 Å². The van der Waals surface area contributed by atoms with Crippen LogP contribution in [-0.2, 0) is 11.0 Å². The van der Waals surface area contributed by atoms with E-state index >= 15 is 0 Å². The first-order valence-corrected chi connectivity index (χ1v) is 20.9. The number of aliphatic carboxylic acids is 1. The molecule has 0 fully saturated rings. The number of benzene rings is 7. The molecule has 0 saturated carbocycles. The molecule has 0 atom stereocenters. The van der Waals surface area contributed by atoms with Crippen molar-refractivity contribution in [2.75, 3.05) is 6.16 Å². The molecule has 7 aromatic rings. The van der Waals surface area contributed by atoms with Gasteiger partial charge < -0.3 is 34.5 Å². The number of carboxylic acids is 1. The van der Waals surface area contributed by atoms with E-state index in [0.29, 0.717) is 6.16 Å². The van der Waals surface area contributed by atoms with Crippen LogP contribution < -0.4 is 61.2 Å². The molecule has 0 heterocycles. The summed E-state index contributed by atoms with van der Waals surface area (Å²) in [5.74, 6) is -0.748. The first kappa shape index (κ1) is 40.4. The second-order valence-corrected chi connectivity index (χ2v) is 19.2. The summed E-state index contributed by atoms with van der Waals surface area (Å²) in [4.78, 5) is 11.4. The lowest BCUT2D eigenvalue weighted by Crippen LogP contribution is -3.00. The molecule has 7 rings (SSSR count). The molecule has 0 unspecified atom stereocenters. The van der Waals surface area contributed by atoms with Gasteiger partial charge in [0.05, 0.1) is 18.7 Å². The molecule has 52 heavy (non-hydrogen) atoms. The van der Waals surface area contributed by atoms with Gasteiger partial charge in [-0.05, 0) is 78.4 Å². The summed E-state index contributed by atoms with van der Waals surface area (Å²) >= 11 is 0. The van der Waals surface area contributed by atoms with Gasteiger partial charge in [-0.15, -0.1) is 0 Å². The molecule has 7 aromatic carbocycles. The minimum atomic E-state index is -1.99. The van der Waals surface area contributed by atoms with Crippen LogP contribution in [0.2, 0.25) is 0 Å². The molecule has 1 N–H and O–H groups in total. The summed E-state index contributed by atoms with van der Waals surface area (Å²) in [7, 11) is -3.76. The molecule has 0 aliphatic heterocycles. The van der Waals surface area contributed by atoms with Crippen molar-refractivity contribution < 1.29 is 39.3 Å². The highest BCUT2D eigenvalue weighted by Gasteiger charge is 2.46. The van der Waals surface area contributed by atoms with Gasteiger partial charge in [0.2, 0.25) is 0 Å². The molecule has 0 amide bonds. The first-order chi connectivity index (χ1) is 24.6. The lowest BCUT2D eigenvalue weighted by molar-refractivity contribution is -0.136. The Labute approximate surface area is 326 Å². The van der Waals surface area contributed by atoms with Crippen LogP contribution in [0.1, 0.15) is 12.0 Å². The van der Waals surface area contributed by atoms with Gasteiger partial charge in [-0.2, -0.15) is 0 Å². The van der Waals surface area contributed by atoms with Crippen molar-refractivity contribution in [1.82, 2.24) is 0 Å². The fourth-order valence-electron chi connectivity index (χ4n) is 6.77. The second kappa shape index (κ2) is 20.0. The van der Waals surface area contributed by atoms with E-state index in [1.165, 1.54) is 37.4 Å². The van der Waals surface area contributed by atoms with Crippen molar-refractivity contribution in [1.29, 1.82) is 0 Å². The topological polar surface area (TPSA) is 37.3 Å². The summed E-state index contributed by atoms with van der Waals surface area (Å²) < 4.78 is 0. The van der Waals surface area contributed by atoms with E-state index in [-0.39, 0.29) is 35.8 Å². The molecule has 0 saturated heterocycles. The maximum Gasteiger partial charge on any atom is 0.307 e. The van der Waals surface area contributed by atoms with Gasteiger partial charge in [0, 0.05) is 0 Å². The maximum absolute atomic E-state index is 11.4. The molecule has 6 heteroatoms. The van der Waals surface area contributed by atoms with Crippen LogP contribution in [0.5, 0.6) is 0 Å². The highest BCUT2D eigenvalue weighted by molar-refractivity contribution is 7.96. The lowest BCUT2D eigenvalue weighted by atomic mass is 10.2. The molecular weight excluding hydrogens is 762 g/mol. The van der Waals surface area contributed by atoms with E-state index in [0.717, 1.165) is 6.16 Å². The van der Waals surface area contributed by atoms with Gasteiger partial charge in [-0.3, -0.25) is 4.79 Å². The van der Waals surface area contributed by atoms with Gasteiger partial charge in [0.1, 0.15) is 46.4 Å². The van der Waals surface area contributed by atoms with E-state index in [4.69, 9.17) is 0 Å². The number of carboxylic acid groups (broad SMARTS) is 1. The van der Waals surface area contributed by atoms with Crippen LogP contribution >= 0.6 is 14.5 Å². The van der Waals surface area contributed by atoms with Crippen LogP contribution in [0.25, 0.3) is 0 Å². The van der Waals surface area contributed by atoms with Gasteiger partial charge in [-0.25, -0.2) is 0 Å². The predicted octanol–water partition coefficient (Wildman–Crippen LogP) is 2.64. The highest BCUT2D eigenvalue weighted by Crippen LogP contribution is 2.58. The predicted molar refractivity (Wildman–Crippen MR) is 218 cm³/mol. The third-order valence-corrected chi connectivity index (χ3v) is 17.9. The lowest BCUT2D eigenvalue weighted by Gasteiger charge is -2.27. The fraction of sp³-hybridized carbons (Fsp3) is 0.0652. The van der Waals surface area contributed by atoms with Crippen molar-refractivity contribution in [2.45, 2.75) is 12.6 Å². The Balaban J connectivity index is 0.000000225. The molecule has 0 radical (unpaired) electrons. The first-order valence-electron chi connectivity index (χ1n) is 17.0. The van der Waals surface area contributed by atoms with Crippen molar-refractivity contribution in [3.63, 3.8) is 0 Å². The number of carbonyl (C=O) groups is 1. The van der Waals surface area contributed by atoms with Crippen LogP contribution in [0.3, 0.4) is 0 Å². The zero-order chi connectivity index (χ0) is 34.5. The summed E-state index contributed by atoms with van der Waals surface area (Å²) in [5.41, 5.74) is 1.39. The number of halogens is 2. The quantitative estimate of drug-likeness (QED) is 0.205. The fourth-order valence-corrected chi connectivity index (χ4v) is 15.3. The minimum Gasteiger partial charge on any atom is -1.00 e. The Morgan fingerprint density at radius 3 is 0.865 bits per heavy atom. The van der Waals surface area contributed by atoms with Crippen molar-refractivity contribution >= 4 is 52.3 Å². The zero-order valence-electron chi connectivity index (χ0n) is 28.8. The number of hydrogen-bond acceptors (Lipinski definition) is 1. The highest BCUT2D eigenvalue weighted by atomic mass is 79.9. The molecule has 262 valence electrons. The van der Waals surface area contributed by atoms with Gasteiger partial charge in [0.15, 0.2) is 0 Å². The normalized spacial score (nSPS) is 10.8. The SMILES string of the molecule is O=C(O)CC[P+](c1ccccc1)(c1ccccc1)c1ccccc1.[Br-].[Cl-].c1ccc(C[P+](c2ccccc2)(c2ccccc2)c2ccccc2)cc1. The molecule has 0 aliphatic carbocycles. The summed E-state index contributed by atoms with van der Waals surface area (Å²) in [6.45, 7) is 0. The third-order valence-electron chi connectivity index (χ3n) is 9.11. The Morgan fingerprint density at radius 2 is 0.615 bits per heavy atom. The van der Waals surface area contributed by atoms with Crippen LogP contribution in [0, 0.1) is 0 Å². The smallest absolute Gasteiger partial charge is 0.307 e. The van der Waals surface area contributed by atoms with E-state index in [1.807, 2.05) is 54.6 Å². The van der Waals surface area contributed by atoms with E-state index in [2.05, 4.69) is 158 Å². The maximum atomic E-state index is 11.4. The Bertz CT molecular complexity index is 1840. The Hall–Kier alpha value is -4.36. The standard InChI is InChI=1S/C25H22P.C21H19O2P.BrH.ClH/c1-5-13-22(14-6-1)21-26(23-15-7-2-8-16-23,24-17-9-3-10-18-24)25-19-11-4-12-20-25;22-21(23)16-17-24(18-10-4-1-5-11-18,19-12-6-2-7-13-19)20-14-8-3-9-15-20;;/h1-20H,21H2;1-15H,16-17H2;2*1H/q+1;;;/p-1. The second-order valence-electron chi connectivity index (χ2n) is 12.1. The minimum absolute atomic E-state index is 0. The molecule has 0 aliphatic rings. The summed E-state index contributed by atoms with van der Waals surface area (Å²) in [5, 5.41) is 17.3. The van der Waals surface area contributed by atoms with Gasteiger partial charge in [0.25, 0.3) is 0 Å². The average Bonchev–Trinajstić information content (AvgIpc) is 3.20. The zero-order valence-corrected chi connectivity index (χ0v) is 33.0. The van der Waals surface area contributed by atoms with Crippen LogP contribution in [0.15, 0.2) is 212 Å². The van der Waals surface area contributed by atoms with E-state index in [9.17, 15) is 9.90 Å². The van der Waals surface area contributed by atoms with Crippen LogP contribution in [-0.4, -0.2) is 17.2 Å². The Morgan fingerprint density at radius 1 is 0.385 bits per heavy atom. The molecule has 0 spiro atoms. The number of rotatable bonds is 11. The van der Waals surface area contributed by atoms with Gasteiger partial charge in [-0.1, -0.05) is 140 Å². The summed E-state index contributed by atoms with van der Waals surface area (Å²) in [6, 6.07) is 75.1. The molecule has 2 nitrogen and oxygen atoms in total.